The summed E-state index contributed by atoms with van der Waals surface area (Å²) < 4.78 is 40.9. The molecule has 3 rings (SSSR count). The van der Waals surface area contributed by atoms with Crippen molar-refractivity contribution < 1.29 is 13.2 Å². The van der Waals surface area contributed by atoms with Crippen molar-refractivity contribution in [2.24, 2.45) is 0 Å². The Morgan fingerprint density at radius 1 is 1.00 bits per heavy atom. The minimum Gasteiger partial charge on any atom is -0.260 e. The van der Waals surface area contributed by atoms with E-state index in [0.29, 0.717) is 22.3 Å². The van der Waals surface area contributed by atoms with Gasteiger partial charge in [0, 0.05) is 5.39 Å². The fourth-order valence-electron chi connectivity index (χ4n) is 2.98. The lowest BCUT2D eigenvalue weighted by Crippen LogP contribution is -2.24. The quantitative estimate of drug-likeness (QED) is 0.665. The molecule has 1 heterocycles. The van der Waals surface area contributed by atoms with Gasteiger partial charge in [-0.15, -0.1) is 0 Å². The fraction of sp³-hybridized carbons (Fsp3) is 0.222. The number of aromatic nitrogens is 2. The zero-order chi connectivity index (χ0) is 17.6. The first-order valence-corrected chi connectivity index (χ1v) is 7.37. The second-order valence-corrected chi connectivity index (χ2v) is 5.79. The van der Waals surface area contributed by atoms with Gasteiger partial charge < -0.3 is 0 Å². The van der Waals surface area contributed by atoms with Crippen molar-refractivity contribution in [3.63, 3.8) is 0 Å². The number of fused-ring (bicyclic) bond motifs is 1. The van der Waals surface area contributed by atoms with Gasteiger partial charge >= 0.3 is 11.9 Å². The molecule has 0 bridgehead atoms. The lowest BCUT2D eigenvalue weighted by atomic mass is 10.0. The molecule has 0 fully saturated rings. The minimum atomic E-state index is -4.48. The lowest BCUT2D eigenvalue weighted by Gasteiger charge is -2.17. The number of hydrogen-bond acceptors (Lipinski definition) is 2. The Morgan fingerprint density at radius 2 is 1.67 bits per heavy atom. The van der Waals surface area contributed by atoms with Gasteiger partial charge in [-0.2, -0.15) is 18.2 Å². The third kappa shape index (κ3) is 2.58. The zero-order valence-electron chi connectivity index (χ0n) is 13.4. The van der Waals surface area contributed by atoms with Crippen LogP contribution < -0.4 is 5.69 Å². The van der Waals surface area contributed by atoms with E-state index >= 15 is 0 Å². The number of nitrogens with zero attached hydrogens (tertiary/aromatic N) is 2. The van der Waals surface area contributed by atoms with E-state index in [1.807, 2.05) is 0 Å². The van der Waals surface area contributed by atoms with E-state index in [0.717, 1.165) is 17.7 Å². The van der Waals surface area contributed by atoms with Crippen LogP contribution in [0.25, 0.3) is 16.6 Å². The van der Waals surface area contributed by atoms with Gasteiger partial charge in [-0.05, 0) is 50.1 Å². The van der Waals surface area contributed by atoms with E-state index in [-0.39, 0.29) is 5.52 Å². The van der Waals surface area contributed by atoms with Crippen molar-refractivity contribution >= 4 is 10.9 Å². The molecule has 0 N–H and O–H groups in total. The molecule has 6 heteroatoms. The van der Waals surface area contributed by atoms with Crippen LogP contribution in [0.3, 0.4) is 0 Å². The smallest absolute Gasteiger partial charge is 0.260 e. The summed E-state index contributed by atoms with van der Waals surface area (Å²) in [6, 6.07) is 9.15. The SMILES string of the molecule is Cc1ccccc1-n1c(=O)nc(C)c2c(C)cc(C(F)(F)F)cc21. The monoisotopic (exact) mass is 332 g/mol. The maximum Gasteiger partial charge on any atom is 0.416 e. The van der Waals surface area contributed by atoms with Gasteiger partial charge in [0.1, 0.15) is 0 Å². The first-order chi connectivity index (χ1) is 11.2. The van der Waals surface area contributed by atoms with Crippen LogP contribution in [-0.2, 0) is 6.18 Å². The van der Waals surface area contributed by atoms with Crippen molar-refractivity contribution in [1.29, 1.82) is 0 Å². The predicted octanol–water partition coefficient (Wildman–Crippen LogP) is 4.33. The highest BCUT2D eigenvalue weighted by Crippen LogP contribution is 2.34. The molecular formula is C18H15F3N2O. The molecule has 124 valence electrons. The summed E-state index contributed by atoms with van der Waals surface area (Å²) in [5, 5.41) is 0.561. The van der Waals surface area contributed by atoms with Gasteiger partial charge in [0.15, 0.2) is 0 Å². The second kappa shape index (κ2) is 5.47. The van der Waals surface area contributed by atoms with Crippen molar-refractivity contribution in [2.75, 3.05) is 0 Å². The van der Waals surface area contributed by atoms with Crippen molar-refractivity contribution in [2.45, 2.75) is 26.9 Å². The molecule has 24 heavy (non-hydrogen) atoms. The van der Waals surface area contributed by atoms with Gasteiger partial charge in [-0.1, -0.05) is 18.2 Å². The van der Waals surface area contributed by atoms with Crippen LogP contribution >= 0.6 is 0 Å². The van der Waals surface area contributed by atoms with Gasteiger partial charge in [0.2, 0.25) is 0 Å². The molecule has 0 aliphatic heterocycles. The predicted molar refractivity (Wildman–Crippen MR) is 86.6 cm³/mol. The molecule has 0 amide bonds. The number of hydrogen-bond donors (Lipinski definition) is 0. The van der Waals surface area contributed by atoms with Crippen molar-refractivity contribution in [3.8, 4) is 5.69 Å². The largest absolute Gasteiger partial charge is 0.416 e. The maximum atomic E-state index is 13.2. The number of alkyl halides is 3. The molecule has 2 aromatic carbocycles. The Hall–Kier alpha value is -2.63. The second-order valence-electron chi connectivity index (χ2n) is 5.79. The van der Waals surface area contributed by atoms with E-state index in [9.17, 15) is 18.0 Å². The number of halogens is 3. The summed E-state index contributed by atoms with van der Waals surface area (Å²) in [7, 11) is 0. The molecule has 0 unspecified atom stereocenters. The molecule has 3 aromatic rings. The van der Waals surface area contributed by atoms with Gasteiger partial charge in [0.05, 0.1) is 22.5 Å². The summed E-state index contributed by atoms with van der Waals surface area (Å²) in [5.41, 5.74) is 1.01. The molecule has 0 radical (unpaired) electrons. The van der Waals surface area contributed by atoms with E-state index in [1.165, 1.54) is 4.57 Å². The summed E-state index contributed by atoms with van der Waals surface area (Å²) in [6.07, 6.45) is -4.48. The highest BCUT2D eigenvalue weighted by molar-refractivity contribution is 5.86. The highest BCUT2D eigenvalue weighted by Gasteiger charge is 2.32. The summed E-state index contributed by atoms with van der Waals surface area (Å²) >= 11 is 0. The zero-order valence-corrected chi connectivity index (χ0v) is 13.4. The van der Waals surface area contributed by atoms with Crippen LogP contribution in [-0.4, -0.2) is 9.55 Å². The average Bonchev–Trinajstić information content (AvgIpc) is 2.47. The van der Waals surface area contributed by atoms with Gasteiger partial charge in [0.25, 0.3) is 0 Å². The Morgan fingerprint density at radius 3 is 2.29 bits per heavy atom. The van der Waals surface area contributed by atoms with Crippen LogP contribution in [0.1, 0.15) is 22.4 Å². The summed E-state index contributed by atoms with van der Waals surface area (Å²) in [6.45, 7) is 5.03. The Labute approximate surface area is 136 Å². The third-order valence-electron chi connectivity index (χ3n) is 4.06. The highest BCUT2D eigenvalue weighted by atomic mass is 19.4. The number of aryl methyl sites for hydroxylation is 3. The van der Waals surface area contributed by atoms with Gasteiger partial charge in [-0.3, -0.25) is 4.57 Å². The van der Waals surface area contributed by atoms with Crippen molar-refractivity contribution in [1.82, 2.24) is 9.55 Å². The molecule has 0 saturated carbocycles. The van der Waals surface area contributed by atoms with Crippen LogP contribution in [0.4, 0.5) is 13.2 Å². The summed E-state index contributed by atoms with van der Waals surface area (Å²) in [4.78, 5) is 16.4. The third-order valence-corrected chi connectivity index (χ3v) is 4.06. The molecule has 3 nitrogen and oxygen atoms in total. The first kappa shape index (κ1) is 16.2. The fourth-order valence-corrected chi connectivity index (χ4v) is 2.98. The lowest BCUT2D eigenvalue weighted by molar-refractivity contribution is -0.137. The molecule has 0 saturated heterocycles. The van der Waals surface area contributed by atoms with Crippen LogP contribution in [0.15, 0.2) is 41.2 Å². The Balaban J connectivity index is 2.52. The normalized spacial score (nSPS) is 11.9. The van der Waals surface area contributed by atoms with E-state index < -0.39 is 17.4 Å². The van der Waals surface area contributed by atoms with Crippen LogP contribution in [0.2, 0.25) is 0 Å². The van der Waals surface area contributed by atoms with E-state index in [2.05, 4.69) is 4.98 Å². The molecule has 0 aliphatic carbocycles. The average molecular weight is 332 g/mol. The molecule has 0 atom stereocenters. The van der Waals surface area contributed by atoms with E-state index in [4.69, 9.17) is 0 Å². The minimum absolute atomic E-state index is 0.217. The topological polar surface area (TPSA) is 34.9 Å². The maximum absolute atomic E-state index is 13.2. The number of benzene rings is 2. The standard InChI is InChI=1S/C18H15F3N2O/c1-10-6-4-5-7-14(10)23-15-9-13(18(19,20)21)8-11(2)16(15)12(3)22-17(23)24/h4-9H,1-3H3. The number of para-hydroxylation sites is 1. The molecule has 1 aromatic heterocycles. The van der Waals surface area contributed by atoms with Crippen LogP contribution in [0, 0.1) is 20.8 Å². The van der Waals surface area contributed by atoms with E-state index in [1.54, 1.807) is 45.0 Å². The van der Waals surface area contributed by atoms with Crippen LogP contribution in [0.5, 0.6) is 0 Å². The Bertz CT molecular complexity index is 1000. The molecular weight excluding hydrogens is 317 g/mol. The van der Waals surface area contributed by atoms with Gasteiger partial charge in [-0.25, -0.2) is 4.79 Å². The van der Waals surface area contributed by atoms with Crippen molar-refractivity contribution in [3.05, 3.63) is 69.3 Å². The Kier molecular flexibility index (Phi) is 3.70. The summed E-state index contributed by atoms with van der Waals surface area (Å²) in [5.74, 6) is 0. The molecule has 0 spiro atoms. The first-order valence-electron chi connectivity index (χ1n) is 7.37. The number of rotatable bonds is 1. The molecule has 0 aliphatic rings.